The number of aryl methyl sites for hydroxylation is 1. The van der Waals surface area contributed by atoms with E-state index < -0.39 is 0 Å². The number of rotatable bonds is 5. The second-order valence-corrected chi connectivity index (χ2v) is 5.81. The first-order valence-electron chi connectivity index (χ1n) is 6.84. The lowest BCUT2D eigenvalue weighted by Crippen LogP contribution is -2.23. The van der Waals surface area contributed by atoms with Gasteiger partial charge in [0.25, 0.3) is 0 Å². The number of nitrogens with one attached hydrogen (secondary N) is 1. The molecule has 0 saturated carbocycles. The average Bonchev–Trinajstić information content (AvgIpc) is 2.41. The van der Waals surface area contributed by atoms with Crippen molar-refractivity contribution in [1.82, 2.24) is 5.32 Å². The van der Waals surface area contributed by atoms with E-state index in [1.54, 1.807) is 0 Å². The van der Waals surface area contributed by atoms with Crippen molar-refractivity contribution in [1.29, 1.82) is 0 Å². The predicted octanol–water partition coefficient (Wildman–Crippen LogP) is 5.20. The molecule has 0 aliphatic rings. The van der Waals surface area contributed by atoms with E-state index >= 15 is 0 Å². The van der Waals surface area contributed by atoms with E-state index in [2.05, 4.69) is 43.4 Å². The maximum absolute atomic E-state index is 6.39. The molecule has 0 amide bonds. The summed E-state index contributed by atoms with van der Waals surface area (Å²) in [6, 6.07) is 14.4. The van der Waals surface area contributed by atoms with Crippen molar-refractivity contribution in [2.45, 2.75) is 26.3 Å². The number of hydrogen-bond acceptors (Lipinski definition) is 1. The summed E-state index contributed by atoms with van der Waals surface area (Å²) >= 11 is 12.3. The molecule has 2 aromatic carbocycles. The lowest BCUT2D eigenvalue weighted by atomic mass is 9.98. The van der Waals surface area contributed by atoms with Crippen LogP contribution in [0.25, 0.3) is 0 Å². The normalized spacial score (nSPS) is 12.4. The summed E-state index contributed by atoms with van der Waals surface area (Å²) in [5, 5.41) is 5.09. The van der Waals surface area contributed by atoms with E-state index in [1.807, 2.05) is 18.2 Å². The lowest BCUT2D eigenvalue weighted by molar-refractivity contribution is 0.550. The molecule has 0 aliphatic heterocycles. The fourth-order valence-corrected chi connectivity index (χ4v) is 2.80. The highest BCUT2D eigenvalue weighted by molar-refractivity contribution is 6.31. The Kier molecular flexibility index (Phi) is 5.47. The molecule has 0 aliphatic carbocycles. The van der Waals surface area contributed by atoms with Crippen molar-refractivity contribution in [2.75, 3.05) is 6.54 Å². The van der Waals surface area contributed by atoms with Gasteiger partial charge in [-0.15, -0.1) is 0 Å². The maximum Gasteiger partial charge on any atom is 0.0456 e. The third-order valence-electron chi connectivity index (χ3n) is 3.33. The second kappa shape index (κ2) is 7.12. The average molecular weight is 308 g/mol. The summed E-state index contributed by atoms with van der Waals surface area (Å²) in [5.74, 6) is 0. The van der Waals surface area contributed by atoms with E-state index in [4.69, 9.17) is 23.2 Å². The van der Waals surface area contributed by atoms with E-state index in [-0.39, 0.29) is 6.04 Å². The molecule has 0 radical (unpaired) electrons. The summed E-state index contributed by atoms with van der Waals surface area (Å²) < 4.78 is 0. The summed E-state index contributed by atoms with van der Waals surface area (Å²) in [6.45, 7) is 5.07. The molecular formula is C17H19Cl2N. The van der Waals surface area contributed by atoms with Crippen molar-refractivity contribution in [3.8, 4) is 0 Å². The summed E-state index contributed by atoms with van der Waals surface area (Å²) in [6.07, 6.45) is 0.897. The van der Waals surface area contributed by atoms with Crippen LogP contribution in [0.15, 0.2) is 42.5 Å². The number of halogens is 2. The van der Waals surface area contributed by atoms with Gasteiger partial charge >= 0.3 is 0 Å². The highest BCUT2D eigenvalue weighted by Gasteiger charge is 2.14. The third kappa shape index (κ3) is 3.99. The molecule has 0 heterocycles. The molecule has 2 rings (SSSR count). The summed E-state index contributed by atoms with van der Waals surface area (Å²) in [7, 11) is 0. The van der Waals surface area contributed by atoms with Gasteiger partial charge in [0.15, 0.2) is 0 Å². The number of benzene rings is 2. The molecule has 0 aromatic heterocycles. The quantitative estimate of drug-likeness (QED) is 0.801. The van der Waals surface area contributed by atoms with Crippen LogP contribution in [-0.2, 0) is 6.42 Å². The molecule has 0 fully saturated rings. The largest absolute Gasteiger partial charge is 0.310 e. The van der Waals surface area contributed by atoms with Crippen molar-refractivity contribution < 1.29 is 0 Å². The minimum atomic E-state index is 0.217. The smallest absolute Gasteiger partial charge is 0.0456 e. The maximum atomic E-state index is 6.39. The van der Waals surface area contributed by atoms with Crippen LogP contribution in [-0.4, -0.2) is 6.54 Å². The molecule has 1 N–H and O–H groups in total. The van der Waals surface area contributed by atoms with Crippen LogP contribution in [0.5, 0.6) is 0 Å². The Labute approximate surface area is 130 Å². The van der Waals surface area contributed by atoms with Crippen molar-refractivity contribution >= 4 is 23.2 Å². The van der Waals surface area contributed by atoms with E-state index in [1.165, 1.54) is 11.1 Å². The Morgan fingerprint density at radius 1 is 1.05 bits per heavy atom. The zero-order valence-corrected chi connectivity index (χ0v) is 13.3. The number of likely N-dealkylation sites (N-methyl/N-ethyl adjacent to an activating group) is 1. The molecule has 1 atom stereocenters. The van der Waals surface area contributed by atoms with Crippen LogP contribution >= 0.6 is 23.2 Å². The summed E-state index contributed by atoms with van der Waals surface area (Å²) in [5.41, 5.74) is 3.58. The molecule has 20 heavy (non-hydrogen) atoms. The van der Waals surface area contributed by atoms with Gasteiger partial charge in [-0.05, 0) is 54.8 Å². The Hall–Kier alpha value is -1.02. The van der Waals surface area contributed by atoms with E-state index in [0.29, 0.717) is 0 Å². The minimum absolute atomic E-state index is 0.217. The van der Waals surface area contributed by atoms with Gasteiger partial charge in [-0.2, -0.15) is 0 Å². The topological polar surface area (TPSA) is 12.0 Å². The molecule has 106 valence electrons. The zero-order valence-electron chi connectivity index (χ0n) is 11.8. The van der Waals surface area contributed by atoms with Gasteiger partial charge in [0, 0.05) is 16.1 Å². The zero-order chi connectivity index (χ0) is 14.5. The van der Waals surface area contributed by atoms with Crippen molar-refractivity contribution in [2.24, 2.45) is 0 Å². The number of hydrogen-bond donors (Lipinski definition) is 1. The fraction of sp³-hybridized carbons (Fsp3) is 0.294. The molecule has 1 nitrogen and oxygen atoms in total. The van der Waals surface area contributed by atoms with Crippen LogP contribution in [0.1, 0.15) is 29.7 Å². The van der Waals surface area contributed by atoms with Crippen molar-refractivity contribution in [3.63, 3.8) is 0 Å². The van der Waals surface area contributed by atoms with E-state index in [9.17, 15) is 0 Å². The first kappa shape index (κ1) is 15.4. The SMILES string of the molecule is CCNC(Cc1ccc(Cl)cc1)c1ccc(C)cc1Cl. The van der Waals surface area contributed by atoms with Crippen molar-refractivity contribution in [3.05, 3.63) is 69.2 Å². The first-order valence-corrected chi connectivity index (χ1v) is 7.59. The molecular weight excluding hydrogens is 289 g/mol. The van der Waals surface area contributed by atoms with Crippen LogP contribution in [0.3, 0.4) is 0 Å². The second-order valence-electron chi connectivity index (χ2n) is 4.97. The van der Waals surface area contributed by atoms with E-state index in [0.717, 1.165) is 28.6 Å². The minimum Gasteiger partial charge on any atom is -0.310 e. The molecule has 0 bridgehead atoms. The third-order valence-corrected chi connectivity index (χ3v) is 3.91. The Morgan fingerprint density at radius 3 is 2.35 bits per heavy atom. The van der Waals surface area contributed by atoms with Gasteiger partial charge in [-0.3, -0.25) is 0 Å². The molecule has 0 spiro atoms. The highest BCUT2D eigenvalue weighted by atomic mass is 35.5. The van der Waals surface area contributed by atoms with Crippen LogP contribution in [0.4, 0.5) is 0 Å². The Morgan fingerprint density at radius 2 is 1.75 bits per heavy atom. The molecule has 2 aromatic rings. The van der Waals surface area contributed by atoms with Gasteiger partial charge in [-0.1, -0.05) is 54.4 Å². The van der Waals surface area contributed by atoms with Crippen LogP contribution in [0.2, 0.25) is 10.0 Å². The fourth-order valence-electron chi connectivity index (χ4n) is 2.31. The molecule has 0 saturated heterocycles. The van der Waals surface area contributed by atoms with Gasteiger partial charge in [0.05, 0.1) is 0 Å². The monoisotopic (exact) mass is 307 g/mol. The lowest BCUT2D eigenvalue weighted by Gasteiger charge is -2.20. The predicted molar refractivity (Wildman–Crippen MR) is 87.8 cm³/mol. The standard InChI is InChI=1S/C17H19Cl2N/c1-3-20-17(11-13-5-7-14(18)8-6-13)15-9-4-12(2)10-16(15)19/h4-10,17,20H,3,11H2,1-2H3. The van der Waals surface area contributed by atoms with Gasteiger partial charge in [0.1, 0.15) is 0 Å². The van der Waals surface area contributed by atoms with Crippen LogP contribution < -0.4 is 5.32 Å². The van der Waals surface area contributed by atoms with Gasteiger partial charge in [-0.25, -0.2) is 0 Å². The Bertz CT molecular complexity index is 564. The first-order chi connectivity index (χ1) is 9.60. The molecule has 3 heteroatoms. The van der Waals surface area contributed by atoms with Gasteiger partial charge in [0.2, 0.25) is 0 Å². The van der Waals surface area contributed by atoms with Crippen LogP contribution in [0, 0.1) is 6.92 Å². The summed E-state index contributed by atoms with van der Waals surface area (Å²) in [4.78, 5) is 0. The van der Waals surface area contributed by atoms with Gasteiger partial charge < -0.3 is 5.32 Å². The molecule has 1 unspecified atom stereocenters. The Balaban J connectivity index is 2.24. The highest BCUT2D eigenvalue weighted by Crippen LogP contribution is 2.27.